The quantitative estimate of drug-likeness (QED) is 0.758. The van der Waals surface area contributed by atoms with Crippen molar-refractivity contribution >= 4 is 17.5 Å². The summed E-state index contributed by atoms with van der Waals surface area (Å²) in [7, 11) is 0. The Balaban J connectivity index is 2.17. The van der Waals surface area contributed by atoms with Gasteiger partial charge in [-0.3, -0.25) is 5.10 Å². The first-order valence-electron chi connectivity index (χ1n) is 6.05. The van der Waals surface area contributed by atoms with E-state index < -0.39 is 0 Å². The lowest BCUT2D eigenvalue weighted by atomic mass is 10.0. The number of aromatic amines is 1. The molecule has 0 spiro atoms. The second-order valence-corrected chi connectivity index (χ2v) is 4.82. The fraction of sp³-hybridized carbons (Fsp3) is 0.0714. The van der Waals surface area contributed by atoms with E-state index >= 15 is 0 Å². The molecule has 0 aliphatic carbocycles. The minimum absolute atomic E-state index is 0.241. The van der Waals surface area contributed by atoms with E-state index in [1.54, 1.807) is 6.20 Å². The van der Waals surface area contributed by atoms with Gasteiger partial charge < -0.3 is 5.73 Å². The molecular formula is C14H12ClN5. The van der Waals surface area contributed by atoms with E-state index in [1.165, 1.54) is 0 Å². The van der Waals surface area contributed by atoms with Gasteiger partial charge in [0.2, 0.25) is 5.95 Å². The van der Waals surface area contributed by atoms with Crippen LogP contribution < -0.4 is 5.73 Å². The molecule has 0 radical (unpaired) electrons. The zero-order chi connectivity index (χ0) is 14.1. The van der Waals surface area contributed by atoms with Crippen molar-refractivity contribution in [1.29, 1.82) is 0 Å². The van der Waals surface area contributed by atoms with Gasteiger partial charge >= 0.3 is 0 Å². The van der Waals surface area contributed by atoms with E-state index in [4.69, 9.17) is 17.3 Å². The van der Waals surface area contributed by atoms with Gasteiger partial charge in [-0.2, -0.15) is 5.10 Å². The average Bonchev–Trinajstić information content (AvgIpc) is 2.81. The van der Waals surface area contributed by atoms with Crippen molar-refractivity contribution in [3.63, 3.8) is 0 Å². The van der Waals surface area contributed by atoms with Crippen LogP contribution in [0.5, 0.6) is 0 Å². The van der Waals surface area contributed by atoms with Gasteiger partial charge in [0.05, 0.1) is 5.69 Å². The number of aryl methyl sites for hydroxylation is 1. The molecule has 5 nitrogen and oxygen atoms in total. The second-order valence-electron chi connectivity index (χ2n) is 4.38. The van der Waals surface area contributed by atoms with Crippen LogP contribution in [0.1, 0.15) is 5.69 Å². The third-order valence-corrected chi connectivity index (χ3v) is 3.25. The summed E-state index contributed by atoms with van der Waals surface area (Å²) in [5.41, 5.74) is 10.0. The predicted molar refractivity (Wildman–Crippen MR) is 79.2 cm³/mol. The van der Waals surface area contributed by atoms with Gasteiger partial charge in [-0.1, -0.05) is 23.7 Å². The lowest BCUT2D eigenvalue weighted by Crippen LogP contribution is -1.96. The van der Waals surface area contributed by atoms with Crippen LogP contribution in [0.25, 0.3) is 22.5 Å². The highest BCUT2D eigenvalue weighted by atomic mass is 35.5. The summed E-state index contributed by atoms with van der Waals surface area (Å²) in [6, 6.07) is 9.32. The molecule has 0 unspecified atom stereocenters. The normalized spacial score (nSPS) is 10.7. The van der Waals surface area contributed by atoms with Gasteiger partial charge in [-0.25, -0.2) is 9.97 Å². The Hall–Kier alpha value is -2.40. The van der Waals surface area contributed by atoms with Crippen molar-refractivity contribution in [2.75, 3.05) is 5.73 Å². The lowest BCUT2D eigenvalue weighted by molar-refractivity contribution is 1.05. The smallest absolute Gasteiger partial charge is 0.220 e. The highest BCUT2D eigenvalue weighted by Crippen LogP contribution is 2.32. The number of benzene rings is 1. The van der Waals surface area contributed by atoms with Crippen LogP contribution in [0, 0.1) is 6.92 Å². The van der Waals surface area contributed by atoms with Gasteiger partial charge in [-0.05, 0) is 25.1 Å². The van der Waals surface area contributed by atoms with Crippen LogP contribution in [0.2, 0.25) is 5.02 Å². The third kappa shape index (κ3) is 2.23. The number of halogens is 1. The van der Waals surface area contributed by atoms with Crippen LogP contribution in [-0.4, -0.2) is 20.2 Å². The Morgan fingerprint density at radius 1 is 1.15 bits per heavy atom. The minimum atomic E-state index is 0.241. The summed E-state index contributed by atoms with van der Waals surface area (Å²) in [6.07, 6.45) is 1.63. The lowest BCUT2D eigenvalue weighted by Gasteiger charge is -2.04. The maximum Gasteiger partial charge on any atom is 0.220 e. The van der Waals surface area contributed by atoms with Crippen molar-refractivity contribution in [2.24, 2.45) is 0 Å². The molecule has 3 rings (SSSR count). The Labute approximate surface area is 120 Å². The van der Waals surface area contributed by atoms with E-state index in [1.807, 2.05) is 37.3 Å². The van der Waals surface area contributed by atoms with Crippen molar-refractivity contribution < 1.29 is 0 Å². The first-order chi connectivity index (χ1) is 9.65. The maximum atomic E-state index is 5.92. The SMILES string of the molecule is Cc1[nH]nc(-c2ccc(Cl)cc2)c1-c1ccnc(N)n1. The molecule has 0 atom stereocenters. The summed E-state index contributed by atoms with van der Waals surface area (Å²) in [5.74, 6) is 0.241. The summed E-state index contributed by atoms with van der Waals surface area (Å²) in [6.45, 7) is 1.94. The molecule has 0 aliphatic rings. The molecule has 2 heterocycles. The van der Waals surface area contributed by atoms with Crippen molar-refractivity contribution in [3.05, 3.63) is 47.2 Å². The van der Waals surface area contributed by atoms with Gasteiger partial charge in [0.15, 0.2) is 0 Å². The maximum absolute atomic E-state index is 5.92. The number of hydrogen-bond acceptors (Lipinski definition) is 4. The molecule has 3 aromatic rings. The number of nitrogens with one attached hydrogen (secondary N) is 1. The zero-order valence-corrected chi connectivity index (χ0v) is 11.5. The molecule has 3 N–H and O–H groups in total. The van der Waals surface area contributed by atoms with E-state index in [-0.39, 0.29) is 5.95 Å². The van der Waals surface area contributed by atoms with E-state index in [0.717, 1.165) is 28.2 Å². The molecule has 0 fully saturated rings. The Bertz CT molecular complexity index is 749. The van der Waals surface area contributed by atoms with Crippen LogP contribution in [0.4, 0.5) is 5.95 Å². The first-order valence-corrected chi connectivity index (χ1v) is 6.43. The standard InChI is InChI=1S/C14H12ClN5/c1-8-12(11-6-7-17-14(16)18-11)13(20-19-8)9-2-4-10(15)5-3-9/h2-7H,1H3,(H,19,20)(H2,16,17,18). The third-order valence-electron chi connectivity index (χ3n) is 3.00. The average molecular weight is 286 g/mol. The molecule has 100 valence electrons. The van der Waals surface area contributed by atoms with Crippen LogP contribution in [0.3, 0.4) is 0 Å². The van der Waals surface area contributed by atoms with Gasteiger partial charge in [0.25, 0.3) is 0 Å². The Kier molecular flexibility index (Phi) is 3.12. The van der Waals surface area contributed by atoms with Crippen LogP contribution in [-0.2, 0) is 0 Å². The highest BCUT2D eigenvalue weighted by molar-refractivity contribution is 6.30. The van der Waals surface area contributed by atoms with E-state index in [9.17, 15) is 0 Å². The molecule has 0 bridgehead atoms. The highest BCUT2D eigenvalue weighted by Gasteiger charge is 2.15. The Morgan fingerprint density at radius 3 is 2.60 bits per heavy atom. The van der Waals surface area contributed by atoms with Crippen molar-refractivity contribution in [1.82, 2.24) is 20.2 Å². The number of hydrogen-bond donors (Lipinski definition) is 2. The number of anilines is 1. The molecular weight excluding hydrogens is 274 g/mol. The largest absolute Gasteiger partial charge is 0.368 e. The number of nitrogens with two attached hydrogens (primary N) is 1. The first kappa shape index (κ1) is 12.6. The Morgan fingerprint density at radius 2 is 1.90 bits per heavy atom. The van der Waals surface area contributed by atoms with Gasteiger partial charge in [0, 0.05) is 28.0 Å². The minimum Gasteiger partial charge on any atom is -0.368 e. The molecule has 1 aromatic carbocycles. The number of nitrogens with zero attached hydrogens (tertiary/aromatic N) is 3. The zero-order valence-electron chi connectivity index (χ0n) is 10.8. The van der Waals surface area contributed by atoms with Crippen LogP contribution >= 0.6 is 11.6 Å². The summed E-state index contributed by atoms with van der Waals surface area (Å²) < 4.78 is 0. The monoisotopic (exact) mass is 285 g/mol. The van der Waals surface area contributed by atoms with E-state index in [2.05, 4.69) is 20.2 Å². The van der Waals surface area contributed by atoms with E-state index in [0.29, 0.717) is 5.02 Å². The number of aromatic nitrogens is 4. The molecule has 6 heteroatoms. The fourth-order valence-electron chi connectivity index (χ4n) is 2.07. The fourth-order valence-corrected chi connectivity index (χ4v) is 2.20. The summed E-state index contributed by atoms with van der Waals surface area (Å²) in [4.78, 5) is 8.17. The van der Waals surface area contributed by atoms with Crippen molar-refractivity contribution in [3.8, 4) is 22.5 Å². The second kappa shape index (κ2) is 4.94. The number of nitrogen functional groups attached to an aromatic ring is 1. The van der Waals surface area contributed by atoms with Crippen LogP contribution in [0.15, 0.2) is 36.5 Å². The van der Waals surface area contributed by atoms with Crippen molar-refractivity contribution in [2.45, 2.75) is 6.92 Å². The summed E-state index contributed by atoms with van der Waals surface area (Å²) >= 11 is 5.92. The summed E-state index contributed by atoms with van der Waals surface area (Å²) in [5, 5.41) is 8.03. The topological polar surface area (TPSA) is 80.5 Å². The van der Waals surface area contributed by atoms with Gasteiger partial charge in [0.1, 0.15) is 5.69 Å². The number of H-pyrrole nitrogens is 1. The number of rotatable bonds is 2. The molecule has 20 heavy (non-hydrogen) atoms. The molecule has 0 amide bonds. The molecule has 0 saturated heterocycles. The van der Waals surface area contributed by atoms with Gasteiger partial charge in [-0.15, -0.1) is 0 Å². The molecule has 0 saturated carbocycles. The molecule has 2 aromatic heterocycles. The molecule has 0 aliphatic heterocycles. The predicted octanol–water partition coefficient (Wildman–Crippen LogP) is 3.08.